The Kier molecular flexibility index (Phi) is 20.4. The van der Waals surface area contributed by atoms with Gasteiger partial charge in [-0.1, -0.05) is 134 Å². The lowest BCUT2D eigenvalue weighted by Gasteiger charge is -2.10. The number of carbonyl (C=O) groups is 2. The zero-order chi connectivity index (χ0) is 44.7. The minimum atomic E-state index is -1.34. The largest absolute Gasteiger partial charge is 0.423 e. The average molecular weight is 856 g/mol. The highest BCUT2D eigenvalue weighted by atomic mass is 19.2. The molecule has 0 heterocycles. The van der Waals surface area contributed by atoms with Crippen molar-refractivity contribution in [3.05, 3.63) is 148 Å². The van der Waals surface area contributed by atoms with E-state index in [1.165, 1.54) is 113 Å². The van der Waals surface area contributed by atoms with Gasteiger partial charge in [-0.3, -0.25) is 4.99 Å². The summed E-state index contributed by atoms with van der Waals surface area (Å²) in [4.78, 5) is 30.5. The van der Waals surface area contributed by atoms with E-state index >= 15 is 8.78 Å². The van der Waals surface area contributed by atoms with E-state index in [9.17, 15) is 9.59 Å². The standard InChI is InChI=1S/C54H63F2N3O4/c1-4-6-8-10-12-13-14-15-17-19-22-42-27-33-45(34-28-42)58-59-49-37-38-50(52(56)51(49)55)63-54(61)47-23-20-24-48(40(47)3)57-39-43-29-35-46(36-30-43)62-53(60)44-31-25-41(26-32-44)21-18-16-11-9-7-5-2/h20,23-39H,4-19,21-22H2,1-3H3. The molecule has 0 fully saturated rings. The smallest absolute Gasteiger partial charge is 0.343 e. The van der Waals surface area contributed by atoms with Crippen LogP contribution in [0, 0.1) is 18.6 Å². The fourth-order valence-corrected chi connectivity index (χ4v) is 7.32. The molecule has 0 saturated carbocycles. The molecule has 5 rings (SSSR count). The molecule has 0 spiro atoms. The fraction of sp³-hybridized carbons (Fsp3) is 0.389. The molecule has 0 aliphatic rings. The number of esters is 2. The number of carbonyl (C=O) groups excluding carboxylic acids is 2. The van der Waals surface area contributed by atoms with Crippen molar-refractivity contribution in [2.75, 3.05) is 0 Å². The number of unbranched alkanes of at least 4 members (excludes halogenated alkanes) is 14. The van der Waals surface area contributed by atoms with Gasteiger partial charge in [-0.25, -0.2) is 14.0 Å². The summed E-state index contributed by atoms with van der Waals surface area (Å²) in [5.74, 6) is -4.09. The number of aryl methyl sites for hydroxylation is 2. The summed E-state index contributed by atoms with van der Waals surface area (Å²) in [7, 11) is 0. The number of hydrogen-bond donors (Lipinski definition) is 0. The lowest BCUT2D eigenvalue weighted by molar-refractivity contribution is 0.0720. The summed E-state index contributed by atoms with van der Waals surface area (Å²) in [6.07, 6.45) is 24.0. The van der Waals surface area contributed by atoms with Crippen molar-refractivity contribution in [1.82, 2.24) is 0 Å². The van der Waals surface area contributed by atoms with Gasteiger partial charge in [-0.15, -0.1) is 5.11 Å². The third kappa shape index (κ3) is 16.1. The van der Waals surface area contributed by atoms with Crippen LogP contribution in [-0.4, -0.2) is 18.2 Å². The Morgan fingerprint density at radius 2 is 1.10 bits per heavy atom. The fourth-order valence-electron chi connectivity index (χ4n) is 7.32. The maximum atomic E-state index is 15.2. The molecule has 9 heteroatoms. The second-order valence-corrected chi connectivity index (χ2v) is 16.3. The highest BCUT2D eigenvalue weighted by molar-refractivity contribution is 5.95. The minimum absolute atomic E-state index is 0.141. The van der Waals surface area contributed by atoms with Gasteiger partial charge in [0.25, 0.3) is 0 Å². The maximum Gasteiger partial charge on any atom is 0.343 e. The Morgan fingerprint density at radius 1 is 0.540 bits per heavy atom. The molecule has 0 bridgehead atoms. The van der Waals surface area contributed by atoms with Crippen LogP contribution in [0.5, 0.6) is 11.5 Å². The Balaban J connectivity index is 1.08. The predicted molar refractivity (Wildman–Crippen MR) is 251 cm³/mol. The molecule has 0 amide bonds. The first-order valence-corrected chi connectivity index (χ1v) is 23.0. The Morgan fingerprint density at radius 3 is 1.68 bits per heavy atom. The van der Waals surface area contributed by atoms with Crippen molar-refractivity contribution in [3.63, 3.8) is 0 Å². The first-order chi connectivity index (χ1) is 30.7. The normalized spacial score (nSPS) is 11.4. The summed E-state index contributed by atoms with van der Waals surface area (Å²) < 4.78 is 41.1. The van der Waals surface area contributed by atoms with Crippen LogP contribution >= 0.6 is 0 Å². The lowest BCUT2D eigenvalue weighted by Crippen LogP contribution is -2.11. The van der Waals surface area contributed by atoms with Crippen LogP contribution in [-0.2, 0) is 12.8 Å². The summed E-state index contributed by atoms with van der Waals surface area (Å²) in [6, 6.07) is 29.3. The van der Waals surface area contributed by atoms with Gasteiger partial charge in [0.15, 0.2) is 11.6 Å². The third-order valence-electron chi connectivity index (χ3n) is 11.2. The monoisotopic (exact) mass is 855 g/mol. The predicted octanol–water partition coefficient (Wildman–Crippen LogP) is 16.2. The van der Waals surface area contributed by atoms with Crippen LogP contribution < -0.4 is 9.47 Å². The van der Waals surface area contributed by atoms with Gasteiger partial charge in [0, 0.05) is 6.21 Å². The zero-order valence-electron chi connectivity index (χ0n) is 37.4. The molecule has 0 atom stereocenters. The molecule has 0 N–H and O–H groups in total. The van der Waals surface area contributed by atoms with E-state index in [0.29, 0.717) is 28.3 Å². The second-order valence-electron chi connectivity index (χ2n) is 16.3. The third-order valence-corrected chi connectivity index (χ3v) is 11.2. The van der Waals surface area contributed by atoms with Crippen molar-refractivity contribution >= 4 is 35.2 Å². The van der Waals surface area contributed by atoms with Crippen molar-refractivity contribution < 1.29 is 27.8 Å². The summed E-state index contributed by atoms with van der Waals surface area (Å²) in [5, 5.41) is 8.02. The molecule has 5 aromatic rings. The zero-order valence-corrected chi connectivity index (χ0v) is 37.4. The topological polar surface area (TPSA) is 89.7 Å². The molecule has 63 heavy (non-hydrogen) atoms. The van der Waals surface area contributed by atoms with E-state index in [4.69, 9.17) is 9.47 Å². The van der Waals surface area contributed by atoms with Crippen molar-refractivity contribution in [2.24, 2.45) is 15.2 Å². The number of aliphatic imine (C=N–C) groups is 1. The van der Waals surface area contributed by atoms with Crippen LogP contribution in [0.25, 0.3) is 0 Å². The van der Waals surface area contributed by atoms with Gasteiger partial charge in [0.1, 0.15) is 11.4 Å². The van der Waals surface area contributed by atoms with E-state index < -0.39 is 29.3 Å². The molecule has 0 radical (unpaired) electrons. The first kappa shape index (κ1) is 48.2. The molecular formula is C54H63F2N3O4. The number of halogens is 2. The minimum Gasteiger partial charge on any atom is -0.423 e. The van der Waals surface area contributed by atoms with Gasteiger partial charge in [0.2, 0.25) is 5.82 Å². The summed E-state index contributed by atoms with van der Waals surface area (Å²) in [6.45, 7) is 6.16. The van der Waals surface area contributed by atoms with E-state index in [0.717, 1.165) is 37.3 Å². The molecule has 332 valence electrons. The number of nitrogens with zero attached hydrogens (tertiary/aromatic N) is 3. The summed E-state index contributed by atoms with van der Waals surface area (Å²) in [5.41, 5.74) is 4.94. The number of benzene rings is 5. The molecule has 7 nitrogen and oxygen atoms in total. The van der Waals surface area contributed by atoms with E-state index in [1.807, 2.05) is 36.4 Å². The quantitative estimate of drug-likeness (QED) is 0.0182. The second kappa shape index (κ2) is 26.6. The van der Waals surface area contributed by atoms with Crippen molar-refractivity contribution in [3.8, 4) is 11.5 Å². The maximum absolute atomic E-state index is 15.2. The van der Waals surface area contributed by atoms with Gasteiger partial charge < -0.3 is 9.47 Å². The van der Waals surface area contributed by atoms with Gasteiger partial charge >= 0.3 is 11.9 Å². The van der Waals surface area contributed by atoms with Crippen LogP contribution in [0.2, 0.25) is 0 Å². The number of azo groups is 1. The van der Waals surface area contributed by atoms with Crippen LogP contribution in [0.1, 0.15) is 160 Å². The molecule has 0 aliphatic carbocycles. The van der Waals surface area contributed by atoms with Crippen molar-refractivity contribution in [1.29, 1.82) is 0 Å². The highest BCUT2D eigenvalue weighted by Gasteiger charge is 2.20. The van der Waals surface area contributed by atoms with Gasteiger partial charge in [-0.05, 0) is 128 Å². The lowest BCUT2D eigenvalue weighted by atomic mass is 10.0. The van der Waals surface area contributed by atoms with E-state index in [-0.39, 0.29) is 11.3 Å². The Bertz CT molecular complexity index is 2240. The van der Waals surface area contributed by atoms with Crippen LogP contribution in [0.4, 0.5) is 25.8 Å². The summed E-state index contributed by atoms with van der Waals surface area (Å²) >= 11 is 0. The number of rotatable bonds is 26. The SMILES string of the molecule is CCCCCCCCCCCCc1ccc(N=Nc2ccc(OC(=O)c3cccc(N=Cc4ccc(OC(=O)c5ccc(CCCCCCCC)cc5)cc4)c3C)c(F)c2F)cc1. The molecule has 0 saturated heterocycles. The molecule has 5 aromatic carbocycles. The van der Waals surface area contributed by atoms with Crippen molar-refractivity contribution in [2.45, 2.75) is 136 Å². The first-order valence-electron chi connectivity index (χ1n) is 23.0. The molecule has 0 unspecified atom stereocenters. The van der Waals surface area contributed by atoms with E-state index in [2.05, 4.69) is 29.1 Å². The highest BCUT2D eigenvalue weighted by Crippen LogP contribution is 2.31. The Hall–Kier alpha value is -5.83. The molecule has 0 aliphatic heterocycles. The van der Waals surface area contributed by atoms with E-state index in [1.54, 1.807) is 61.7 Å². The Labute approximate surface area is 373 Å². The van der Waals surface area contributed by atoms with Crippen LogP contribution in [0.15, 0.2) is 118 Å². The van der Waals surface area contributed by atoms with Crippen LogP contribution in [0.3, 0.4) is 0 Å². The number of hydrogen-bond acceptors (Lipinski definition) is 7. The molecular weight excluding hydrogens is 793 g/mol. The average Bonchev–Trinajstić information content (AvgIpc) is 3.30. The number of ether oxygens (including phenoxy) is 2. The van der Waals surface area contributed by atoms with Gasteiger partial charge in [0.05, 0.1) is 22.5 Å². The molecule has 0 aromatic heterocycles. The van der Waals surface area contributed by atoms with Gasteiger partial charge in [-0.2, -0.15) is 9.50 Å².